The fraction of sp³-hybridized carbons (Fsp3) is 0.273. The topological polar surface area (TPSA) is 76.6 Å². The van der Waals surface area contributed by atoms with Crippen molar-refractivity contribution in [2.75, 3.05) is 17.2 Å². The van der Waals surface area contributed by atoms with Crippen molar-refractivity contribution in [1.29, 1.82) is 0 Å². The highest BCUT2D eigenvalue weighted by atomic mass is 32.2. The number of benzene rings is 2. The van der Waals surface area contributed by atoms with E-state index in [4.69, 9.17) is 4.74 Å². The molecule has 0 aliphatic rings. The summed E-state index contributed by atoms with van der Waals surface area (Å²) in [6.45, 7) is 4.21. The van der Waals surface area contributed by atoms with E-state index in [-0.39, 0.29) is 18.2 Å². The van der Waals surface area contributed by atoms with E-state index in [0.29, 0.717) is 28.7 Å². The van der Waals surface area contributed by atoms with Gasteiger partial charge in [-0.3, -0.25) is 4.79 Å². The van der Waals surface area contributed by atoms with Crippen LogP contribution in [0.3, 0.4) is 0 Å². The maximum Gasteiger partial charge on any atom is 0.242 e. The molecule has 0 radical (unpaired) electrons. The van der Waals surface area contributed by atoms with Gasteiger partial charge in [-0.15, -0.1) is 11.3 Å². The van der Waals surface area contributed by atoms with E-state index in [9.17, 15) is 17.6 Å². The van der Waals surface area contributed by atoms with E-state index >= 15 is 0 Å². The molecule has 31 heavy (non-hydrogen) atoms. The summed E-state index contributed by atoms with van der Waals surface area (Å²) >= 11 is 1.27. The van der Waals surface area contributed by atoms with Gasteiger partial charge in [0.15, 0.2) is 9.84 Å². The SMILES string of the molecule is CCN(C(=O)CS(=O)(=O)Cc1csc(COc2ccc(F)cc2)n1)c1ccccc1C. The normalized spacial score (nSPS) is 11.3. The van der Waals surface area contributed by atoms with Crippen LogP contribution in [0.1, 0.15) is 23.2 Å². The first kappa shape index (κ1) is 22.9. The van der Waals surface area contributed by atoms with Gasteiger partial charge in [-0.05, 0) is 49.7 Å². The molecule has 0 bridgehead atoms. The molecule has 1 aromatic heterocycles. The first-order chi connectivity index (χ1) is 14.8. The van der Waals surface area contributed by atoms with Crippen LogP contribution in [-0.4, -0.2) is 31.6 Å². The van der Waals surface area contributed by atoms with Crippen LogP contribution >= 0.6 is 11.3 Å². The third kappa shape index (κ3) is 6.35. The number of para-hydroxylation sites is 1. The Balaban J connectivity index is 1.60. The Morgan fingerprint density at radius 2 is 1.87 bits per heavy atom. The maximum atomic E-state index is 12.9. The fourth-order valence-corrected chi connectivity index (χ4v) is 5.09. The Hall–Kier alpha value is -2.78. The van der Waals surface area contributed by atoms with Crippen molar-refractivity contribution in [2.45, 2.75) is 26.2 Å². The maximum absolute atomic E-state index is 12.9. The summed E-state index contributed by atoms with van der Waals surface area (Å²) in [5.74, 6) is -1.24. The number of thiazole rings is 1. The number of aryl methyl sites for hydroxylation is 1. The summed E-state index contributed by atoms with van der Waals surface area (Å²) in [5, 5.41) is 2.24. The van der Waals surface area contributed by atoms with E-state index in [0.717, 1.165) is 5.56 Å². The molecule has 2 aromatic carbocycles. The van der Waals surface area contributed by atoms with E-state index in [2.05, 4.69) is 4.98 Å². The number of anilines is 1. The minimum absolute atomic E-state index is 0.145. The number of carbonyl (C=O) groups is 1. The van der Waals surface area contributed by atoms with Crippen molar-refractivity contribution >= 4 is 32.8 Å². The number of sulfone groups is 1. The fourth-order valence-electron chi connectivity index (χ4n) is 3.05. The summed E-state index contributed by atoms with van der Waals surface area (Å²) in [6, 6.07) is 13.0. The van der Waals surface area contributed by atoms with Crippen molar-refractivity contribution in [2.24, 2.45) is 0 Å². The first-order valence-corrected chi connectivity index (χ1v) is 12.4. The van der Waals surface area contributed by atoms with Gasteiger partial charge in [-0.1, -0.05) is 18.2 Å². The number of hydrogen-bond acceptors (Lipinski definition) is 6. The largest absolute Gasteiger partial charge is 0.486 e. The van der Waals surface area contributed by atoms with Crippen LogP contribution < -0.4 is 9.64 Å². The van der Waals surface area contributed by atoms with Gasteiger partial charge < -0.3 is 9.64 Å². The predicted molar refractivity (Wildman–Crippen MR) is 120 cm³/mol. The van der Waals surface area contributed by atoms with Crippen molar-refractivity contribution < 1.29 is 22.3 Å². The number of ether oxygens (including phenoxy) is 1. The Labute approximate surface area is 185 Å². The highest BCUT2D eigenvalue weighted by Gasteiger charge is 2.24. The number of amides is 1. The molecular formula is C22H23FN2O4S2. The second-order valence-corrected chi connectivity index (χ2v) is 9.94. The number of nitrogens with zero attached hydrogens (tertiary/aromatic N) is 2. The van der Waals surface area contributed by atoms with Crippen LogP contribution in [0.5, 0.6) is 5.75 Å². The number of carbonyl (C=O) groups excluding carboxylic acids is 1. The summed E-state index contributed by atoms with van der Waals surface area (Å²) in [7, 11) is -3.70. The summed E-state index contributed by atoms with van der Waals surface area (Å²) in [5.41, 5.74) is 1.98. The molecule has 1 amide bonds. The Morgan fingerprint density at radius 1 is 1.16 bits per heavy atom. The molecule has 0 atom stereocenters. The highest BCUT2D eigenvalue weighted by Crippen LogP contribution is 2.21. The number of aromatic nitrogens is 1. The van der Waals surface area contributed by atoms with Crippen molar-refractivity contribution in [1.82, 2.24) is 4.98 Å². The predicted octanol–water partition coefficient (Wildman–Crippen LogP) is 4.14. The average Bonchev–Trinajstić information content (AvgIpc) is 3.15. The van der Waals surface area contributed by atoms with Gasteiger partial charge in [0, 0.05) is 17.6 Å². The van der Waals surface area contributed by atoms with Crippen LogP contribution in [0.25, 0.3) is 0 Å². The molecule has 3 aromatic rings. The quantitative estimate of drug-likeness (QED) is 0.478. The lowest BCUT2D eigenvalue weighted by atomic mass is 10.2. The molecular weight excluding hydrogens is 439 g/mol. The molecule has 9 heteroatoms. The van der Waals surface area contributed by atoms with Crippen LogP contribution in [-0.2, 0) is 27.0 Å². The Kier molecular flexibility index (Phi) is 7.40. The monoisotopic (exact) mass is 462 g/mol. The molecule has 0 unspecified atom stereocenters. The van der Waals surface area contributed by atoms with Crippen molar-refractivity contribution in [3.63, 3.8) is 0 Å². The number of halogens is 1. The second kappa shape index (κ2) is 10.0. The zero-order valence-corrected chi connectivity index (χ0v) is 18.9. The van der Waals surface area contributed by atoms with Crippen molar-refractivity contribution in [3.05, 3.63) is 76.0 Å². The number of rotatable bonds is 9. The summed E-state index contributed by atoms with van der Waals surface area (Å²) in [4.78, 5) is 18.5. The summed E-state index contributed by atoms with van der Waals surface area (Å²) < 4.78 is 43.7. The third-order valence-electron chi connectivity index (χ3n) is 4.51. The molecule has 164 valence electrons. The van der Waals surface area contributed by atoms with Gasteiger partial charge in [0.2, 0.25) is 5.91 Å². The van der Waals surface area contributed by atoms with E-state index in [1.165, 1.54) is 40.5 Å². The van der Waals surface area contributed by atoms with Crippen LogP contribution in [0.15, 0.2) is 53.9 Å². The van der Waals surface area contributed by atoms with Crippen LogP contribution in [0.4, 0.5) is 10.1 Å². The van der Waals surface area contributed by atoms with Gasteiger partial charge in [0.1, 0.15) is 28.9 Å². The Morgan fingerprint density at radius 3 is 2.55 bits per heavy atom. The Bertz CT molecular complexity index is 1140. The smallest absolute Gasteiger partial charge is 0.242 e. The van der Waals surface area contributed by atoms with E-state index in [1.807, 2.05) is 32.0 Å². The second-order valence-electron chi connectivity index (χ2n) is 6.93. The van der Waals surface area contributed by atoms with Gasteiger partial charge >= 0.3 is 0 Å². The van der Waals surface area contributed by atoms with Gasteiger partial charge in [-0.25, -0.2) is 17.8 Å². The molecule has 0 N–H and O–H groups in total. The summed E-state index contributed by atoms with van der Waals surface area (Å²) in [6.07, 6.45) is 0. The molecule has 0 aliphatic carbocycles. The molecule has 0 saturated carbocycles. The highest BCUT2D eigenvalue weighted by molar-refractivity contribution is 7.91. The molecule has 0 aliphatic heterocycles. The van der Waals surface area contributed by atoms with Crippen LogP contribution in [0, 0.1) is 12.7 Å². The zero-order chi connectivity index (χ0) is 22.4. The molecule has 6 nitrogen and oxygen atoms in total. The van der Waals surface area contributed by atoms with Crippen molar-refractivity contribution in [3.8, 4) is 5.75 Å². The molecule has 3 rings (SSSR count). The zero-order valence-electron chi connectivity index (χ0n) is 17.2. The first-order valence-electron chi connectivity index (χ1n) is 9.65. The average molecular weight is 463 g/mol. The molecule has 1 heterocycles. The lowest BCUT2D eigenvalue weighted by Gasteiger charge is -2.22. The van der Waals surface area contributed by atoms with E-state index in [1.54, 1.807) is 11.4 Å². The van der Waals surface area contributed by atoms with Gasteiger partial charge in [0.05, 0.1) is 11.4 Å². The third-order valence-corrected chi connectivity index (χ3v) is 6.80. The van der Waals surface area contributed by atoms with Gasteiger partial charge in [-0.2, -0.15) is 0 Å². The number of hydrogen-bond donors (Lipinski definition) is 0. The van der Waals surface area contributed by atoms with Crippen LogP contribution in [0.2, 0.25) is 0 Å². The standard InChI is InChI=1S/C22H23FN2O4S2/c1-3-25(20-7-5-4-6-16(20)2)22(26)15-31(27,28)14-18-13-30-21(24-18)12-29-19-10-8-17(23)9-11-19/h4-11,13H,3,12,14-15H2,1-2H3. The minimum atomic E-state index is -3.70. The lowest BCUT2D eigenvalue weighted by molar-refractivity contribution is -0.116. The lowest BCUT2D eigenvalue weighted by Crippen LogP contribution is -2.36. The minimum Gasteiger partial charge on any atom is -0.486 e. The molecule has 0 spiro atoms. The molecule has 0 fully saturated rings. The van der Waals surface area contributed by atoms with Gasteiger partial charge in [0.25, 0.3) is 0 Å². The van der Waals surface area contributed by atoms with E-state index < -0.39 is 21.5 Å². The molecule has 0 saturated heterocycles.